The van der Waals surface area contributed by atoms with Gasteiger partial charge < -0.3 is 4.90 Å². The molecule has 1 saturated heterocycles. The van der Waals surface area contributed by atoms with E-state index in [0.29, 0.717) is 25.3 Å². The van der Waals surface area contributed by atoms with E-state index in [1.54, 1.807) is 6.07 Å². The first-order valence-electron chi connectivity index (χ1n) is 5.46. The normalized spacial score (nSPS) is 20.4. The van der Waals surface area contributed by atoms with Crippen LogP contribution >= 0.6 is 0 Å². The minimum absolute atomic E-state index is 0.00551. The van der Waals surface area contributed by atoms with Crippen molar-refractivity contribution in [3.05, 3.63) is 28.4 Å². The number of hydrogen-bond acceptors (Lipinski definition) is 5. The molecule has 0 spiro atoms. The van der Waals surface area contributed by atoms with E-state index in [1.165, 1.54) is 12.3 Å². The molecule has 17 heavy (non-hydrogen) atoms. The van der Waals surface area contributed by atoms with Crippen molar-refractivity contribution in [2.24, 2.45) is 5.92 Å². The highest BCUT2D eigenvalue weighted by atomic mass is 16.6. The van der Waals surface area contributed by atoms with E-state index in [0.717, 1.165) is 0 Å². The Kier molecular flexibility index (Phi) is 3.03. The van der Waals surface area contributed by atoms with E-state index in [9.17, 15) is 14.9 Å². The van der Waals surface area contributed by atoms with Crippen molar-refractivity contribution >= 4 is 17.3 Å². The summed E-state index contributed by atoms with van der Waals surface area (Å²) in [5, 5.41) is 10.9. The Labute approximate surface area is 98.4 Å². The molecule has 1 aromatic rings. The second-order valence-corrected chi connectivity index (χ2v) is 4.17. The average molecular weight is 235 g/mol. The van der Waals surface area contributed by atoms with Crippen LogP contribution < -0.4 is 4.90 Å². The van der Waals surface area contributed by atoms with Crippen LogP contribution in [0.4, 0.5) is 11.5 Å². The summed E-state index contributed by atoms with van der Waals surface area (Å²) in [6.07, 6.45) is 1.96. The SMILES string of the molecule is CC1CN(c2ncccc2[N+](=O)[O-])CCC1=O. The number of nitro groups is 1. The van der Waals surface area contributed by atoms with Crippen molar-refractivity contribution in [3.63, 3.8) is 0 Å². The van der Waals surface area contributed by atoms with E-state index in [-0.39, 0.29) is 17.4 Å². The molecule has 1 aliphatic heterocycles. The van der Waals surface area contributed by atoms with E-state index < -0.39 is 4.92 Å². The first kappa shape index (κ1) is 11.5. The fraction of sp³-hybridized carbons (Fsp3) is 0.455. The predicted molar refractivity (Wildman–Crippen MR) is 61.9 cm³/mol. The molecular weight excluding hydrogens is 222 g/mol. The number of pyridine rings is 1. The monoisotopic (exact) mass is 235 g/mol. The van der Waals surface area contributed by atoms with Crippen molar-refractivity contribution in [2.45, 2.75) is 13.3 Å². The third kappa shape index (κ3) is 2.25. The Bertz CT molecular complexity index is 461. The van der Waals surface area contributed by atoms with Crippen LogP contribution in [0.25, 0.3) is 0 Å². The molecule has 2 heterocycles. The molecule has 1 atom stereocenters. The van der Waals surface area contributed by atoms with Crippen LogP contribution in [0, 0.1) is 16.0 Å². The molecule has 0 aliphatic carbocycles. The van der Waals surface area contributed by atoms with Crippen molar-refractivity contribution < 1.29 is 9.72 Å². The third-order valence-corrected chi connectivity index (χ3v) is 2.93. The standard InChI is InChI=1S/C11H13N3O3/c1-8-7-13(6-4-10(8)15)11-9(14(16)17)3-2-5-12-11/h2-3,5,8H,4,6-7H2,1H3. The number of Topliss-reactive ketones (excluding diaryl/α,β-unsaturated/α-hetero) is 1. The second kappa shape index (κ2) is 4.48. The van der Waals surface area contributed by atoms with Gasteiger partial charge in [0.25, 0.3) is 0 Å². The van der Waals surface area contributed by atoms with Gasteiger partial charge in [0, 0.05) is 37.7 Å². The van der Waals surface area contributed by atoms with Gasteiger partial charge in [0.05, 0.1) is 4.92 Å². The molecule has 0 radical (unpaired) electrons. The fourth-order valence-corrected chi connectivity index (χ4v) is 1.98. The van der Waals surface area contributed by atoms with Gasteiger partial charge in [-0.15, -0.1) is 0 Å². The zero-order valence-electron chi connectivity index (χ0n) is 9.50. The summed E-state index contributed by atoms with van der Waals surface area (Å²) in [7, 11) is 0. The summed E-state index contributed by atoms with van der Waals surface area (Å²) in [6, 6.07) is 2.98. The van der Waals surface area contributed by atoms with Crippen molar-refractivity contribution in [1.82, 2.24) is 4.98 Å². The Balaban J connectivity index is 2.28. The largest absolute Gasteiger partial charge is 0.350 e. The van der Waals surface area contributed by atoms with Gasteiger partial charge in [0.15, 0.2) is 0 Å². The van der Waals surface area contributed by atoms with Crippen molar-refractivity contribution in [1.29, 1.82) is 0 Å². The molecule has 0 bridgehead atoms. The minimum Gasteiger partial charge on any atom is -0.350 e. The number of piperidine rings is 1. The molecule has 0 saturated carbocycles. The maximum atomic E-state index is 11.4. The second-order valence-electron chi connectivity index (χ2n) is 4.17. The van der Waals surface area contributed by atoms with Crippen LogP contribution in [-0.2, 0) is 4.79 Å². The van der Waals surface area contributed by atoms with Gasteiger partial charge in [-0.2, -0.15) is 0 Å². The van der Waals surface area contributed by atoms with E-state index >= 15 is 0 Å². The summed E-state index contributed by atoms with van der Waals surface area (Å²) in [5.41, 5.74) is -0.00551. The van der Waals surface area contributed by atoms with Crippen molar-refractivity contribution in [2.75, 3.05) is 18.0 Å². The summed E-state index contributed by atoms with van der Waals surface area (Å²) in [5.74, 6) is 0.474. The van der Waals surface area contributed by atoms with Crippen LogP contribution in [0.3, 0.4) is 0 Å². The molecule has 1 fully saturated rings. The van der Waals surface area contributed by atoms with E-state index in [2.05, 4.69) is 4.98 Å². The molecule has 0 amide bonds. The molecule has 6 nitrogen and oxygen atoms in total. The van der Waals surface area contributed by atoms with Gasteiger partial charge in [-0.3, -0.25) is 14.9 Å². The summed E-state index contributed by atoms with van der Waals surface area (Å²) in [4.78, 5) is 27.7. The van der Waals surface area contributed by atoms with Gasteiger partial charge in [0.1, 0.15) is 5.78 Å². The third-order valence-electron chi connectivity index (χ3n) is 2.93. The molecule has 2 rings (SSSR count). The number of aromatic nitrogens is 1. The van der Waals surface area contributed by atoms with Gasteiger partial charge in [-0.25, -0.2) is 4.98 Å². The predicted octanol–water partition coefficient (Wildman–Crippen LogP) is 1.41. The van der Waals surface area contributed by atoms with E-state index in [4.69, 9.17) is 0 Å². The minimum atomic E-state index is -0.441. The zero-order chi connectivity index (χ0) is 12.4. The first-order chi connectivity index (χ1) is 8.09. The average Bonchev–Trinajstić information content (AvgIpc) is 2.32. The maximum Gasteiger partial charge on any atom is 0.311 e. The van der Waals surface area contributed by atoms with E-state index in [1.807, 2.05) is 11.8 Å². The highest BCUT2D eigenvalue weighted by Crippen LogP contribution is 2.27. The Morgan fingerprint density at radius 3 is 3.00 bits per heavy atom. The molecule has 1 aromatic heterocycles. The van der Waals surface area contributed by atoms with Crippen LogP contribution in [0.15, 0.2) is 18.3 Å². The van der Waals surface area contributed by atoms with Gasteiger partial charge in [-0.1, -0.05) is 6.92 Å². The molecule has 0 aromatic carbocycles. The summed E-state index contributed by atoms with van der Waals surface area (Å²) >= 11 is 0. The van der Waals surface area contributed by atoms with Gasteiger partial charge in [-0.05, 0) is 6.07 Å². The van der Waals surface area contributed by atoms with Gasteiger partial charge >= 0.3 is 5.69 Å². The Morgan fingerprint density at radius 2 is 2.35 bits per heavy atom. The number of nitrogens with zero attached hydrogens (tertiary/aromatic N) is 3. The lowest BCUT2D eigenvalue weighted by Gasteiger charge is -2.30. The number of rotatable bonds is 2. The smallest absolute Gasteiger partial charge is 0.311 e. The van der Waals surface area contributed by atoms with Crippen molar-refractivity contribution in [3.8, 4) is 0 Å². The molecule has 6 heteroatoms. The highest BCUT2D eigenvalue weighted by molar-refractivity contribution is 5.83. The molecular formula is C11H13N3O3. The number of anilines is 1. The first-order valence-corrected chi connectivity index (χ1v) is 5.46. The topological polar surface area (TPSA) is 76.3 Å². The highest BCUT2D eigenvalue weighted by Gasteiger charge is 2.28. The number of carbonyl (C=O) groups is 1. The number of hydrogen-bond donors (Lipinski definition) is 0. The van der Waals surface area contributed by atoms with Crippen LogP contribution in [0.5, 0.6) is 0 Å². The number of carbonyl (C=O) groups excluding carboxylic acids is 1. The van der Waals surface area contributed by atoms with Gasteiger partial charge in [0.2, 0.25) is 5.82 Å². The lowest BCUT2D eigenvalue weighted by atomic mass is 9.98. The molecule has 1 unspecified atom stereocenters. The fourth-order valence-electron chi connectivity index (χ4n) is 1.98. The lowest BCUT2D eigenvalue weighted by molar-refractivity contribution is -0.384. The van der Waals surface area contributed by atoms with Crippen LogP contribution in [0.2, 0.25) is 0 Å². The number of ketones is 1. The zero-order valence-corrected chi connectivity index (χ0v) is 9.50. The molecule has 0 N–H and O–H groups in total. The molecule has 1 aliphatic rings. The molecule has 90 valence electrons. The lowest BCUT2D eigenvalue weighted by Crippen LogP contribution is -2.40. The Morgan fingerprint density at radius 1 is 1.59 bits per heavy atom. The summed E-state index contributed by atoms with van der Waals surface area (Å²) in [6.45, 7) is 2.83. The Hall–Kier alpha value is -1.98. The summed E-state index contributed by atoms with van der Waals surface area (Å²) < 4.78 is 0. The van der Waals surface area contributed by atoms with Crippen LogP contribution in [-0.4, -0.2) is 28.8 Å². The maximum absolute atomic E-state index is 11.4. The quantitative estimate of drug-likeness (QED) is 0.572. The van der Waals surface area contributed by atoms with Crippen LogP contribution in [0.1, 0.15) is 13.3 Å².